The first-order valence-corrected chi connectivity index (χ1v) is 7.85. The first-order chi connectivity index (χ1) is 12.4. The van der Waals surface area contributed by atoms with Crippen molar-refractivity contribution in [3.8, 4) is 17.3 Å². The van der Waals surface area contributed by atoms with Gasteiger partial charge in [0.2, 0.25) is 5.88 Å². The van der Waals surface area contributed by atoms with E-state index in [4.69, 9.17) is 9.15 Å². The van der Waals surface area contributed by atoms with E-state index in [1.54, 1.807) is 18.3 Å². The number of hydrogen-bond donors (Lipinski definition) is 2. The molecule has 2 N–H and O–H groups in total. The molecule has 9 heteroatoms. The lowest BCUT2D eigenvalue weighted by Gasteiger charge is -2.12. The van der Waals surface area contributed by atoms with E-state index in [0.717, 1.165) is 17.0 Å². The summed E-state index contributed by atoms with van der Waals surface area (Å²) in [5.41, 5.74) is 2.17. The SMILES string of the molecule is Cc1ccc(-c2[nH]ncc2CNCc2cccnc2OCC(F)(F)F)o1. The van der Waals surface area contributed by atoms with Gasteiger partial charge < -0.3 is 14.5 Å². The third-order valence-electron chi connectivity index (χ3n) is 3.56. The summed E-state index contributed by atoms with van der Waals surface area (Å²) in [6, 6.07) is 7.01. The Labute approximate surface area is 147 Å². The van der Waals surface area contributed by atoms with Gasteiger partial charge in [0.05, 0.1) is 6.20 Å². The monoisotopic (exact) mass is 366 g/mol. The number of pyridine rings is 1. The van der Waals surface area contributed by atoms with Crippen LogP contribution >= 0.6 is 0 Å². The Morgan fingerprint density at radius 3 is 2.73 bits per heavy atom. The highest BCUT2D eigenvalue weighted by molar-refractivity contribution is 5.56. The molecule has 0 aromatic carbocycles. The Balaban J connectivity index is 1.62. The Morgan fingerprint density at radius 2 is 2.00 bits per heavy atom. The van der Waals surface area contributed by atoms with E-state index in [2.05, 4.69) is 20.5 Å². The average Bonchev–Trinajstić information content (AvgIpc) is 3.22. The van der Waals surface area contributed by atoms with Gasteiger partial charge >= 0.3 is 6.18 Å². The minimum absolute atomic E-state index is 0.0357. The van der Waals surface area contributed by atoms with Crippen LogP contribution in [0.5, 0.6) is 5.88 Å². The molecule has 3 aromatic heterocycles. The van der Waals surface area contributed by atoms with Crippen LogP contribution in [0.1, 0.15) is 16.9 Å². The maximum absolute atomic E-state index is 12.3. The standard InChI is InChI=1S/C17H17F3N4O2/c1-11-4-5-14(26-11)15-13(9-23-24-15)8-21-7-12-3-2-6-22-16(12)25-10-17(18,19)20/h2-6,9,21H,7-8,10H2,1H3,(H,23,24). The maximum Gasteiger partial charge on any atom is 0.422 e. The molecule has 0 spiro atoms. The van der Waals surface area contributed by atoms with Gasteiger partial charge in [-0.3, -0.25) is 5.10 Å². The Kier molecular flexibility index (Phi) is 5.27. The van der Waals surface area contributed by atoms with Crippen molar-refractivity contribution in [1.82, 2.24) is 20.5 Å². The number of ether oxygens (including phenoxy) is 1. The van der Waals surface area contributed by atoms with E-state index in [-0.39, 0.29) is 5.88 Å². The highest BCUT2D eigenvalue weighted by atomic mass is 19.4. The Morgan fingerprint density at radius 1 is 1.19 bits per heavy atom. The molecule has 0 aliphatic heterocycles. The fourth-order valence-electron chi connectivity index (χ4n) is 2.40. The van der Waals surface area contributed by atoms with Crippen LogP contribution in [0.25, 0.3) is 11.5 Å². The van der Waals surface area contributed by atoms with E-state index in [1.165, 1.54) is 6.20 Å². The van der Waals surface area contributed by atoms with Gasteiger partial charge in [-0.15, -0.1) is 0 Å². The van der Waals surface area contributed by atoms with Crippen LogP contribution in [0.3, 0.4) is 0 Å². The molecule has 3 aromatic rings. The lowest BCUT2D eigenvalue weighted by molar-refractivity contribution is -0.154. The number of aromatic nitrogens is 3. The third kappa shape index (κ3) is 4.63. The zero-order valence-electron chi connectivity index (χ0n) is 13.9. The van der Waals surface area contributed by atoms with Gasteiger partial charge in [0.1, 0.15) is 11.5 Å². The highest BCUT2D eigenvalue weighted by Crippen LogP contribution is 2.24. The number of hydrogen-bond acceptors (Lipinski definition) is 5. The molecule has 6 nitrogen and oxygen atoms in total. The number of aryl methyl sites for hydroxylation is 1. The van der Waals surface area contributed by atoms with Gasteiger partial charge in [0.25, 0.3) is 0 Å². The number of nitrogens with one attached hydrogen (secondary N) is 2. The fourth-order valence-corrected chi connectivity index (χ4v) is 2.40. The topological polar surface area (TPSA) is 76.0 Å². The van der Waals surface area contributed by atoms with E-state index in [0.29, 0.717) is 24.4 Å². The molecule has 0 saturated carbocycles. The normalized spacial score (nSPS) is 11.7. The Hall–Kier alpha value is -2.81. The summed E-state index contributed by atoms with van der Waals surface area (Å²) >= 11 is 0. The molecule has 0 saturated heterocycles. The van der Waals surface area contributed by atoms with E-state index in [1.807, 2.05) is 19.1 Å². The van der Waals surface area contributed by atoms with Crippen LogP contribution in [0.4, 0.5) is 13.2 Å². The van der Waals surface area contributed by atoms with Crippen molar-refractivity contribution in [2.24, 2.45) is 0 Å². The Bertz CT molecular complexity index is 858. The first kappa shape index (κ1) is 18.0. The van der Waals surface area contributed by atoms with Crippen molar-refractivity contribution in [1.29, 1.82) is 0 Å². The summed E-state index contributed by atoms with van der Waals surface area (Å²) in [6.45, 7) is 1.21. The second-order valence-electron chi connectivity index (χ2n) is 5.66. The van der Waals surface area contributed by atoms with Crippen LogP contribution < -0.4 is 10.1 Å². The van der Waals surface area contributed by atoms with Crippen LogP contribution in [-0.2, 0) is 13.1 Å². The molecule has 0 atom stereocenters. The first-order valence-electron chi connectivity index (χ1n) is 7.85. The second kappa shape index (κ2) is 7.61. The predicted molar refractivity (Wildman–Crippen MR) is 87.4 cm³/mol. The summed E-state index contributed by atoms with van der Waals surface area (Å²) in [5, 5.41) is 10.1. The minimum Gasteiger partial charge on any atom is -0.468 e. The summed E-state index contributed by atoms with van der Waals surface area (Å²) in [6.07, 6.45) is -1.35. The average molecular weight is 366 g/mol. The quantitative estimate of drug-likeness (QED) is 0.668. The van der Waals surface area contributed by atoms with Crippen molar-refractivity contribution in [3.05, 3.63) is 53.5 Å². The molecule has 138 valence electrons. The number of H-pyrrole nitrogens is 1. The van der Waals surface area contributed by atoms with Gasteiger partial charge in [-0.05, 0) is 25.1 Å². The van der Waals surface area contributed by atoms with Gasteiger partial charge in [0, 0.05) is 30.4 Å². The summed E-state index contributed by atoms with van der Waals surface area (Å²) in [5.74, 6) is 1.43. The van der Waals surface area contributed by atoms with Crippen molar-refractivity contribution < 1.29 is 22.3 Å². The number of alkyl halides is 3. The summed E-state index contributed by atoms with van der Waals surface area (Å²) < 4.78 is 47.3. The van der Waals surface area contributed by atoms with Crippen LogP contribution in [0, 0.1) is 6.92 Å². The highest BCUT2D eigenvalue weighted by Gasteiger charge is 2.29. The van der Waals surface area contributed by atoms with Gasteiger partial charge in [0.15, 0.2) is 12.4 Å². The van der Waals surface area contributed by atoms with E-state index < -0.39 is 12.8 Å². The van der Waals surface area contributed by atoms with Gasteiger partial charge in [-0.1, -0.05) is 6.07 Å². The van der Waals surface area contributed by atoms with E-state index >= 15 is 0 Å². The molecule has 0 bridgehead atoms. The lowest BCUT2D eigenvalue weighted by atomic mass is 10.2. The van der Waals surface area contributed by atoms with Gasteiger partial charge in [-0.25, -0.2) is 4.98 Å². The molecule has 3 heterocycles. The minimum atomic E-state index is -4.41. The van der Waals surface area contributed by atoms with Crippen LogP contribution in [0.15, 0.2) is 41.1 Å². The van der Waals surface area contributed by atoms with Crippen LogP contribution in [0.2, 0.25) is 0 Å². The zero-order chi connectivity index (χ0) is 18.6. The van der Waals surface area contributed by atoms with Crippen molar-refractivity contribution >= 4 is 0 Å². The summed E-state index contributed by atoms with van der Waals surface area (Å²) in [4.78, 5) is 3.87. The molecule has 3 rings (SSSR count). The molecule has 0 amide bonds. The molecule has 0 aliphatic rings. The molecule has 0 unspecified atom stereocenters. The largest absolute Gasteiger partial charge is 0.468 e. The molecule has 0 aliphatic carbocycles. The molecular formula is C17H17F3N4O2. The van der Waals surface area contributed by atoms with Gasteiger partial charge in [-0.2, -0.15) is 18.3 Å². The third-order valence-corrected chi connectivity index (χ3v) is 3.56. The number of furan rings is 1. The molecular weight excluding hydrogens is 349 g/mol. The number of nitrogens with zero attached hydrogens (tertiary/aromatic N) is 2. The number of aromatic amines is 1. The fraction of sp³-hybridized carbons (Fsp3) is 0.294. The number of rotatable bonds is 7. The van der Waals surface area contributed by atoms with Crippen molar-refractivity contribution in [2.45, 2.75) is 26.2 Å². The molecule has 0 radical (unpaired) electrons. The number of halogens is 3. The smallest absolute Gasteiger partial charge is 0.422 e. The molecule has 0 fully saturated rings. The van der Waals surface area contributed by atoms with E-state index in [9.17, 15) is 13.2 Å². The maximum atomic E-state index is 12.3. The lowest BCUT2D eigenvalue weighted by Crippen LogP contribution is -2.21. The van der Waals surface area contributed by atoms with Crippen LogP contribution in [-0.4, -0.2) is 28.0 Å². The second-order valence-corrected chi connectivity index (χ2v) is 5.66. The summed E-state index contributed by atoms with van der Waals surface area (Å²) in [7, 11) is 0. The van der Waals surface area contributed by atoms with Crippen molar-refractivity contribution in [2.75, 3.05) is 6.61 Å². The molecule has 26 heavy (non-hydrogen) atoms. The predicted octanol–water partition coefficient (Wildman–Crippen LogP) is 3.60. The van der Waals surface area contributed by atoms with Crippen molar-refractivity contribution in [3.63, 3.8) is 0 Å². The zero-order valence-corrected chi connectivity index (χ0v) is 13.9.